The molecule has 3 heterocycles. The zero-order chi connectivity index (χ0) is 40.3. The van der Waals surface area contributed by atoms with Crippen LogP contribution in [0, 0.1) is 0 Å². The third-order valence-electron chi connectivity index (χ3n) is 11.3. The molecule has 0 amide bonds. The van der Waals surface area contributed by atoms with Crippen LogP contribution in [0.1, 0.15) is 64.3 Å². The fourth-order valence-corrected chi connectivity index (χ4v) is 9.54. The Labute approximate surface area is 351 Å². The molecule has 0 atom stereocenters. The summed E-state index contributed by atoms with van der Waals surface area (Å²) in [5, 5.41) is 5.19. The maximum atomic E-state index is 5.14. The second-order valence-electron chi connectivity index (χ2n) is 15.3. The smallest absolute Gasteiger partial charge is 0.164 e. The first-order valence-electron chi connectivity index (χ1n) is 21.0. The number of hydrogen-bond acceptors (Lipinski definition) is 4. The van der Waals surface area contributed by atoms with Crippen molar-refractivity contribution in [1.29, 1.82) is 0 Å². The number of thiophene rings is 1. The molecule has 3 aromatic heterocycles. The molecular formula is C54H48N4S. The van der Waals surface area contributed by atoms with Gasteiger partial charge in [0, 0.05) is 53.2 Å². The lowest BCUT2D eigenvalue weighted by molar-refractivity contribution is 0.799. The highest BCUT2D eigenvalue weighted by molar-refractivity contribution is 7.26. The summed E-state index contributed by atoms with van der Waals surface area (Å²) in [6, 6.07) is 48.1. The number of para-hydroxylation sites is 2. The van der Waals surface area contributed by atoms with Gasteiger partial charge in [-0.2, -0.15) is 0 Å². The van der Waals surface area contributed by atoms with Crippen molar-refractivity contribution < 1.29 is 0 Å². The minimum atomic E-state index is 0.632. The summed E-state index contributed by atoms with van der Waals surface area (Å²) in [5.41, 5.74) is 11.2. The first kappa shape index (κ1) is 38.1. The predicted octanol–water partition coefficient (Wildman–Crippen LogP) is 15.4. The lowest BCUT2D eigenvalue weighted by atomic mass is 10.00. The van der Waals surface area contributed by atoms with E-state index < -0.39 is 0 Å². The molecule has 9 aromatic rings. The minimum Gasteiger partial charge on any atom is -0.308 e. The summed E-state index contributed by atoms with van der Waals surface area (Å²) >= 11 is 1.93. The van der Waals surface area contributed by atoms with Crippen LogP contribution in [0.5, 0.6) is 0 Å². The van der Waals surface area contributed by atoms with Crippen LogP contribution in [-0.2, 0) is 6.42 Å². The van der Waals surface area contributed by atoms with Crippen molar-refractivity contribution in [1.82, 2.24) is 19.5 Å². The second kappa shape index (κ2) is 16.8. The molecule has 9 rings (SSSR count). The number of aromatic nitrogens is 4. The molecule has 59 heavy (non-hydrogen) atoms. The maximum Gasteiger partial charge on any atom is 0.164 e. The highest BCUT2D eigenvalue weighted by Crippen LogP contribution is 2.45. The third-order valence-corrected chi connectivity index (χ3v) is 12.6. The molecule has 0 radical (unpaired) electrons. The monoisotopic (exact) mass is 784 g/mol. The standard InChI is InChI=1S/C54H48N4S/c1-5-8-19-36(4)31-32-37(7-3)52-55-53(39-21-11-10-12-22-39)57-54(56-52)41-25-17-24-40(35-41)42-26-13-15-29-46(42)58-47-30-16-14-27-43(47)44-33-34-48-49(50(44)58)45-28-18-23-38(20-9-6-2)51(45)59-48/h7,10-18,21-35H,4-6,8-9,19-20H2,1-3H3/b32-31-,37-7+. The molecular weight excluding hydrogens is 737 g/mol. The average molecular weight is 785 g/mol. The molecule has 0 fully saturated rings. The Kier molecular flexibility index (Phi) is 10.9. The zero-order valence-electron chi connectivity index (χ0n) is 34.1. The summed E-state index contributed by atoms with van der Waals surface area (Å²) in [4.78, 5) is 15.3. The van der Waals surface area contributed by atoms with Crippen molar-refractivity contribution in [3.05, 3.63) is 175 Å². The van der Waals surface area contributed by atoms with Gasteiger partial charge in [-0.15, -0.1) is 11.3 Å². The zero-order valence-corrected chi connectivity index (χ0v) is 34.9. The van der Waals surface area contributed by atoms with Gasteiger partial charge in [-0.1, -0.05) is 166 Å². The number of unbranched alkanes of at least 4 members (excludes halogenated alkanes) is 2. The van der Waals surface area contributed by atoms with Crippen LogP contribution in [0.15, 0.2) is 164 Å². The van der Waals surface area contributed by atoms with Crippen LogP contribution in [0.3, 0.4) is 0 Å². The van der Waals surface area contributed by atoms with E-state index in [1.54, 1.807) is 0 Å². The Balaban J connectivity index is 1.21. The van der Waals surface area contributed by atoms with Gasteiger partial charge in [-0.05, 0) is 68.0 Å². The van der Waals surface area contributed by atoms with E-state index in [1.165, 1.54) is 60.4 Å². The van der Waals surface area contributed by atoms with Gasteiger partial charge in [0.05, 0.1) is 16.7 Å². The number of nitrogens with zero attached hydrogens (tertiary/aromatic N) is 4. The lowest BCUT2D eigenvalue weighted by Gasteiger charge is -2.15. The molecule has 0 saturated heterocycles. The van der Waals surface area contributed by atoms with E-state index in [-0.39, 0.29) is 0 Å². The molecule has 0 unspecified atom stereocenters. The number of fused-ring (bicyclic) bond motifs is 7. The summed E-state index contributed by atoms with van der Waals surface area (Å²) < 4.78 is 5.24. The molecule has 290 valence electrons. The molecule has 0 aliphatic rings. The fourth-order valence-electron chi connectivity index (χ4n) is 8.29. The van der Waals surface area contributed by atoms with Gasteiger partial charge in [0.25, 0.3) is 0 Å². The topological polar surface area (TPSA) is 43.6 Å². The van der Waals surface area contributed by atoms with Crippen LogP contribution < -0.4 is 0 Å². The van der Waals surface area contributed by atoms with Crippen LogP contribution in [0.4, 0.5) is 0 Å². The van der Waals surface area contributed by atoms with Crippen molar-refractivity contribution in [2.75, 3.05) is 0 Å². The van der Waals surface area contributed by atoms with Gasteiger partial charge in [0.2, 0.25) is 0 Å². The van der Waals surface area contributed by atoms with E-state index in [2.05, 4.69) is 158 Å². The SMILES string of the molecule is C=C(/C=C\C(=C/C)c1nc(-c2ccccc2)nc(-c2cccc(-c3ccccc3-n3c4ccccc4c4ccc5sc6c(CCCC)cccc6c5c43)c2)n1)CCCC. The summed E-state index contributed by atoms with van der Waals surface area (Å²) in [7, 11) is 0. The Morgan fingerprint density at radius 1 is 0.661 bits per heavy atom. The largest absolute Gasteiger partial charge is 0.308 e. The van der Waals surface area contributed by atoms with E-state index in [0.29, 0.717) is 17.5 Å². The molecule has 0 N–H and O–H groups in total. The van der Waals surface area contributed by atoms with Crippen molar-refractivity contribution in [3.63, 3.8) is 0 Å². The summed E-state index contributed by atoms with van der Waals surface area (Å²) in [5.74, 6) is 1.91. The van der Waals surface area contributed by atoms with Gasteiger partial charge in [-0.25, -0.2) is 15.0 Å². The molecule has 0 spiro atoms. The average Bonchev–Trinajstić information content (AvgIpc) is 3.84. The fraction of sp³-hybridized carbons (Fsp3) is 0.167. The van der Waals surface area contributed by atoms with E-state index in [9.17, 15) is 0 Å². The summed E-state index contributed by atoms with van der Waals surface area (Å²) in [6.45, 7) is 10.8. The van der Waals surface area contributed by atoms with E-state index in [0.717, 1.165) is 64.8 Å². The number of allylic oxidation sites excluding steroid dienone is 5. The molecule has 0 bridgehead atoms. The predicted molar refractivity (Wildman–Crippen MR) is 253 cm³/mol. The molecule has 6 aromatic carbocycles. The van der Waals surface area contributed by atoms with Gasteiger partial charge >= 0.3 is 0 Å². The molecule has 0 aliphatic carbocycles. The second-order valence-corrected chi connectivity index (χ2v) is 16.3. The molecule has 0 saturated carbocycles. The first-order valence-corrected chi connectivity index (χ1v) is 21.8. The highest BCUT2D eigenvalue weighted by atomic mass is 32.1. The van der Waals surface area contributed by atoms with Gasteiger partial charge < -0.3 is 4.57 Å². The normalized spacial score (nSPS) is 12.2. The van der Waals surface area contributed by atoms with Crippen LogP contribution in [0.2, 0.25) is 0 Å². The van der Waals surface area contributed by atoms with Crippen LogP contribution in [0.25, 0.3) is 87.1 Å². The number of aryl methyl sites for hydroxylation is 1. The number of benzene rings is 6. The Morgan fingerprint density at radius 2 is 1.37 bits per heavy atom. The third kappa shape index (κ3) is 7.32. The molecule has 4 nitrogen and oxygen atoms in total. The highest BCUT2D eigenvalue weighted by Gasteiger charge is 2.21. The lowest BCUT2D eigenvalue weighted by Crippen LogP contribution is -2.02. The van der Waals surface area contributed by atoms with Crippen LogP contribution in [-0.4, -0.2) is 19.5 Å². The van der Waals surface area contributed by atoms with E-state index in [4.69, 9.17) is 15.0 Å². The molecule has 5 heteroatoms. The number of hydrogen-bond donors (Lipinski definition) is 0. The van der Waals surface area contributed by atoms with Gasteiger partial charge in [0.1, 0.15) is 0 Å². The maximum absolute atomic E-state index is 5.14. The minimum absolute atomic E-state index is 0.632. The van der Waals surface area contributed by atoms with Crippen molar-refractivity contribution in [2.45, 2.75) is 59.3 Å². The number of rotatable bonds is 13. The first-order chi connectivity index (χ1) is 29.1. The van der Waals surface area contributed by atoms with Crippen molar-refractivity contribution in [3.8, 4) is 39.6 Å². The van der Waals surface area contributed by atoms with Crippen molar-refractivity contribution in [2.24, 2.45) is 0 Å². The van der Waals surface area contributed by atoms with E-state index in [1.807, 2.05) is 36.5 Å². The Bertz CT molecular complexity index is 3050. The van der Waals surface area contributed by atoms with Gasteiger partial charge in [-0.3, -0.25) is 0 Å². The Hall–Kier alpha value is -6.43. The van der Waals surface area contributed by atoms with Crippen molar-refractivity contribution >= 4 is 58.9 Å². The quantitative estimate of drug-likeness (QED) is 0.109. The van der Waals surface area contributed by atoms with E-state index >= 15 is 0 Å². The van der Waals surface area contributed by atoms with Crippen LogP contribution >= 0.6 is 11.3 Å². The molecule has 0 aliphatic heterocycles. The Morgan fingerprint density at radius 3 is 2.20 bits per heavy atom. The van der Waals surface area contributed by atoms with Gasteiger partial charge in [0.15, 0.2) is 17.5 Å². The summed E-state index contributed by atoms with van der Waals surface area (Å²) in [6.07, 6.45) is 13.0.